The van der Waals surface area contributed by atoms with Crippen LogP contribution in [-0.4, -0.2) is 26.0 Å². The lowest BCUT2D eigenvalue weighted by Gasteiger charge is -2.12. The maximum Gasteiger partial charge on any atom is 0.337 e. The molecule has 0 fully saturated rings. The Morgan fingerprint density at radius 2 is 2.04 bits per heavy atom. The first kappa shape index (κ1) is 19.0. The van der Waals surface area contributed by atoms with Crippen molar-refractivity contribution in [2.24, 2.45) is 5.92 Å². The van der Waals surface area contributed by atoms with Gasteiger partial charge in [-0.3, -0.25) is 0 Å². The Kier molecular flexibility index (Phi) is 6.22. The number of anilines is 1. The summed E-state index contributed by atoms with van der Waals surface area (Å²) in [4.78, 5) is 11.4. The first-order chi connectivity index (χ1) is 11.8. The van der Waals surface area contributed by atoms with Gasteiger partial charge in [0.05, 0.1) is 23.3 Å². The summed E-state index contributed by atoms with van der Waals surface area (Å²) in [6, 6.07) is 7.47. The van der Waals surface area contributed by atoms with Gasteiger partial charge in [-0.25, -0.2) is 17.9 Å². The topological polar surface area (TPSA) is 109 Å². The zero-order valence-electron chi connectivity index (χ0n) is 14.2. The van der Waals surface area contributed by atoms with Crippen LogP contribution in [0, 0.1) is 5.92 Å². The molecule has 0 spiro atoms. The third kappa shape index (κ3) is 5.33. The SMILES string of the molecule is CC(C)CCNS(=O)(=O)c1ccc(NCc2ccco2)c(C(=O)O)c1. The van der Waals surface area contributed by atoms with E-state index in [1.54, 1.807) is 12.1 Å². The molecule has 0 bridgehead atoms. The zero-order valence-corrected chi connectivity index (χ0v) is 15.0. The van der Waals surface area contributed by atoms with E-state index in [-0.39, 0.29) is 10.5 Å². The number of benzene rings is 1. The standard InChI is InChI=1S/C17H22N2O5S/c1-12(2)7-8-19-25(22,23)14-5-6-16(15(10-14)17(20)21)18-11-13-4-3-9-24-13/h3-6,9-10,12,18-19H,7-8,11H2,1-2H3,(H,20,21). The summed E-state index contributed by atoms with van der Waals surface area (Å²) in [7, 11) is -3.75. The van der Waals surface area contributed by atoms with Crippen LogP contribution >= 0.6 is 0 Å². The summed E-state index contributed by atoms with van der Waals surface area (Å²) in [6.07, 6.45) is 2.22. The Hall–Kier alpha value is -2.32. The van der Waals surface area contributed by atoms with Crippen LogP contribution in [0.5, 0.6) is 0 Å². The van der Waals surface area contributed by atoms with Crippen LogP contribution in [0.4, 0.5) is 5.69 Å². The summed E-state index contributed by atoms with van der Waals surface area (Å²) in [5.74, 6) is -0.199. The molecule has 8 heteroatoms. The minimum atomic E-state index is -3.75. The fourth-order valence-electron chi connectivity index (χ4n) is 2.18. The molecule has 1 aromatic heterocycles. The van der Waals surface area contributed by atoms with Crippen molar-refractivity contribution in [1.82, 2.24) is 4.72 Å². The van der Waals surface area contributed by atoms with Crippen molar-refractivity contribution in [1.29, 1.82) is 0 Å². The molecule has 7 nitrogen and oxygen atoms in total. The molecule has 136 valence electrons. The molecule has 2 rings (SSSR count). The summed E-state index contributed by atoms with van der Waals surface area (Å²) in [5.41, 5.74) is 0.211. The van der Waals surface area contributed by atoms with Gasteiger partial charge < -0.3 is 14.8 Å². The highest BCUT2D eigenvalue weighted by Gasteiger charge is 2.19. The molecule has 0 amide bonds. The van der Waals surface area contributed by atoms with Gasteiger partial charge in [0.1, 0.15) is 5.76 Å². The lowest BCUT2D eigenvalue weighted by atomic mass is 10.1. The summed E-state index contributed by atoms with van der Waals surface area (Å²) in [6.45, 7) is 4.60. The van der Waals surface area contributed by atoms with Gasteiger partial charge in [0.25, 0.3) is 0 Å². The molecule has 0 aliphatic carbocycles. The second-order valence-electron chi connectivity index (χ2n) is 6.03. The molecule has 0 radical (unpaired) electrons. The number of rotatable bonds is 9. The molecule has 0 saturated heterocycles. The molecule has 1 aromatic carbocycles. The smallest absolute Gasteiger partial charge is 0.337 e. The van der Waals surface area contributed by atoms with Crippen molar-refractivity contribution in [3.8, 4) is 0 Å². The summed E-state index contributed by atoms with van der Waals surface area (Å²) >= 11 is 0. The van der Waals surface area contributed by atoms with E-state index in [0.717, 1.165) is 6.07 Å². The van der Waals surface area contributed by atoms with Crippen molar-refractivity contribution in [2.75, 3.05) is 11.9 Å². The molecule has 2 aromatic rings. The molecular formula is C17H22N2O5S. The van der Waals surface area contributed by atoms with Crippen LogP contribution in [-0.2, 0) is 16.6 Å². The van der Waals surface area contributed by atoms with E-state index in [2.05, 4.69) is 10.0 Å². The molecule has 0 unspecified atom stereocenters. The van der Waals surface area contributed by atoms with Gasteiger partial charge in [-0.15, -0.1) is 0 Å². The van der Waals surface area contributed by atoms with Gasteiger partial charge in [0.2, 0.25) is 10.0 Å². The van der Waals surface area contributed by atoms with Crippen molar-refractivity contribution >= 4 is 21.7 Å². The fraction of sp³-hybridized carbons (Fsp3) is 0.353. The molecule has 25 heavy (non-hydrogen) atoms. The fourth-order valence-corrected chi connectivity index (χ4v) is 3.26. The summed E-state index contributed by atoms with van der Waals surface area (Å²) < 4.78 is 32.3. The number of hydrogen-bond acceptors (Lipinski definition) is 5. The Labute approximate surface area is 147 Å². The van der Waals surface area contributed by atoms with E-state index in [1.807, 2.05) is 13.8 Å². The van der Waals surface area contributed by atoms with Crippen molar-refractivity contribution in [3.63, 3.8) is 0 Å². The maximum atomic E-state index is 12.3. The Bertz CT molecular complexity index is 814. The highest BCUT2D eigenvalue weighted by atomic mass is 32.2. The Balaban J connectivity index is 2.18. The minimum absolute atomic E-state index is 0.0720. The van der Waals surface area contributed by atoms with Crippen LogP contribution < -0.4 is 10.0 Å². The highest BCUT2D eigenvalue weighted by molar-refractivity contribution is 7.89. The van der Waals surface area contributed by atoms with Gasteiger partial charge in [-0.05, 0) is 42.7 Å². The van der Waals surface area contributed by atoms with E-state index < -0.39 is 16.0 Å². The van der Waals surface area contributed by atoms with Crippen LogP contribution in [0.3, 0.4) is 0 Å². The number of furan rings is 1. The monoisotopic (exact) mass is 366 g/mol. The number of hydrogen-bond donors (Lipinski definition) is 3. The van der Waals surface area contributed by atoms with Gasteiger partial charge >= 0.3 is 5.97 Å². The Morgan fingerprint density at radius 3 is 2.64 bits per heavy atom. The van der Waals surface area contributed by atoms with E-state index in [0.29, 0.717) is 36.9 Å². The molecule has 0 aliphatic heterocycles. The molecular weight excluding hydrogens is 344 g/mol. The van der Waals surface area contributed by atoms with Crippen LogP contribution in [0.25, 0.3) is 0 Å². The second-order valence-corrected chi connectivity index (χ2v) is 7.79. The predicted molar refractivity (Wildman–Crippen MR) is 94.1 cm³/mol. The van der Waals surface area contributed by atoms with Crippen LogP contribution in [0.15, 0.2) is 45.9 Å². The van der Waals surface area contributed by atoms with E-state index in [4.69, 9.17) is 4.42 Å². The molecule has 1 heterocycles. The third-order valence-corrected chi connectivity index (χ3v) is 5.04. The first-order valence-electron chi connectivity index (χ1n) is 7.93. The second kappa shape index (κ2) is 8.17. The van der Waals surface area contributed by atoms with Crippen molar-refractivity contribution in [3.05, 3.63) is 47.9 Å². The van der Waals surface area contributed by atoms with Crippen molar-refractivity contribution < 1.29 is 22.7 Å². The summed E-state index contributed by atoms with van der Waals surface area (Å²) in [5, 5.41) is 12.3. The molecule has 3 N–H and O–H groups in total. The Morgan fingerprint density at radius 1 is 1.28 bits per heavy atom. The zero-order chi connectivity index (χ0) is 18.4. The number of aromatic carboxylic acids is 1. The average Bonchev–Trinajstić information content (AvgIpc) is 3.05. The largest absolute Gasteiger partial charge is 0.478 e. The van der Waals surface area contributed by atoms with Gasteiger partial charge in [0.15, 0.2) is 0 Å². The lowest BCUT2D eigenvalue weighted by molar-refractivity contribution is 0.0697. The number of sulfonamides is 1. The first-order valence-corrected chi connectivity index (χ1v) is 9.41. The number of carboxylic acid groups (broad SMARTS) is 1. The van der Waals surface area contributed by atoms with Crippen LogP contribution in [0.2, 0.25) is 0 Å². The van der Waals surface area contributed by atoms with Gasteiger partial charge in [0, 0.05) is 12.2 Å². The number of carbonyl (C=O) groups is 1. The van der Waals surface area contributed by atoms with Gasteiger partial charge in [-0.2, -0.15) is 0 Å². The third-order valence-electron chi connectivity index (χ3n) is 3.58. The molecule has 0 atom stereocenters. The maximum absolute atomic E-state index is 12.3. The molecule has 0 aliphatic rings. The lowest BCUT2D eigenvalue weighted by Crippen LogP contribution is -2.26. The highest BCUT2D eigenvalue weighted by Crippen LogP contribution is 2.21. The molecule has 0 saturated carbocycles. The normalized spacial score (nSPS) is 11.6. The van der Waals surface area contributed by atoms with Gasteiger partial charge in [-0.1, -0.05) is 13.8 Å². The predicted octanol–water partition coefficient (Wildman–Crippen LogP) is 2.91. The van der Waals surface area contributed by atoms with Crippen LogP contribution in [0.1, 0.15) is 36.4 Å². The van der Waals surface area contributed by atoms with E-state index in [1.165, 1.54) is 18.4 Å². The van der Waals surface area contributed by atoms with E-state index in [9.17, 15) is 18.3 Å². The number of carboxylic acids is 1. The van der Waals surface area contributed by atoms with E-state index >= 15 is 0 Å². The van der Waals surface area contributed by atoms with Crippen molar-refractivity contribution in [2.45, 2.75) is 31.7 Å². The average molecular weight is 366 g/mol. The number of nitrogens with one attached hydrogen (secondary N) is 2. The quantitative estimate of drug-likeness (QED) is 0.630. The minimum Gasteiger partial charge on any atom is -0.478 e.